The van der Waals surface area contributed by atoms with Crippen molar-refractivity contribution in [1.82, 2.24) is 0 Å². The first-order chi connectivity index (χ1) is 14.0. The minimum atomic E-state index is -0.437. The van der Waals surface area contributed by atoms with Gasteiger partial charge in [0, 0.05) is 30.4 Å². The summed E-state index contributed by atoms with van der Waals surface area (Å²) in [6.45, 7) is 6.66. The summed E-state index contributed by atoms with van der Waals surface area (Å²) in [5, 5.41) is 10.8. The number of hydrogen-bond acceptors (Lipinski definition) is 5. The lowest BCUT2D eigenvalue weighted by Gasteiger charge is -2.22. The Morgan fingerprint density at radius 2 is 1.97 bits per heavy atom. The van der Waals surface area contributed by atoms with Crippen LogP contribution in [0.5, 0.6) is 5.75 Å². The van der Waals surface area contributed by atoms with Gasteiger partial charge < -0.3 is 15.4 Å². The molecule has 2 N–H and O–H groups in total. The third-order valence-electron chi connectivity index (χ3n) is 4.53. The maximum atomic E-state index is 12.4. The predicted molar refractivity (Wildman–Crippen MR) is 115 cm³/mol. The number of carbonyl (C=O) groups excluding carboxylic acids is 1. The van der Waals surface area contributed by atoms with Gasteiger partial charge in [0.05, 0.1) is 17.2 Å². The van der Waals surface area contributed by atoms with E-state index in [0.717, 1.165) is 24.8 Å². The Morgan fingerprint density at radius 3 is 2.59 bits per heavy atom. The number of hydrogen-bond donors (Lipinski definition) is 1. The summed E-state index contributed by atoms with van der Waals surface area (Å²) in [6.07, 6.45) is 4.91. The zero-order valence-electron chi connectivity index (χ0n) is 16.7. The first kappa shape index (κ1) is 21.9. The van der Waals surface area contributed by atoms with E-state index in [-0.39, 0.29) is 11.6 Å². The Hall–Kier alpha value is -3.35. The van der Waals surface area contributed by atoms with Crippen LogP contribution in [0.15, 0.2) is 55.1 Å². The highest BCUT2D eigenvalue weighted by Gasteiger charge is 2.15. The molecule has 2 aromatic rings. The molecule has 7 nitrogen and oxygen atoms in total. The summed E-state index contributed by atoms with van der Waals surface area (Å²) < 4.78 is 5.79. The van der Waals surface area contributed by atoms with E-state index < -0.39 is 4.92 Å². The summed E-state index contributed by atoms with van der Waals surface area (Å²) in [4.78, 5) is 24.4. The van der Waals surface area contributed by atoms with E-state index in [2.05, 4.69) is 13.5 Å². The average molecular weight is 397 g/mol. The number of nitrogens with zero attached hydrogens (tertiary/aromatic N) is 2. The Bertz CT molecular complexity index is 850. The van der Waals surface area contributed by atoms with Crippen molar-refractivity contribution in [3.63, 3.8) is 0 Å². The number of nitro benzene ring substituents is 1. The fraction of sp³-hybridized carbons (Fsp3) is 0.318. The zero-order chi connectivity index (χ0) is 21.2. The van der Waals surface area contributed by atoms with Crippen molar-refractivity contribution >= 4 is 23.0 Å². The molecule has 0 aliphatic carbocycles. The number of rotatable bonds is 11. The Balaban J connectivity index is 2.13. The van der Waals surface area contributed by atoms with Crippen LogP contribution in [0.4, 0.5) is 17.1 Å². The van der Waals surface area contributed by atoms with E-state index in [1.54, 1.807) is 35.2 Å². The van der Waals surface area contributed by atoms with Gasteiger partial charge >= 0.3 is 0 Å². The van der Waals surface area contributed by atoms with E-state index >= 15 is 0 Å². The highest BCUT2D eigenvalue weighted by Crippen LogP contribution is 2.28. The molecule has 0 bridgehead atoms. The van der Waals surface area contributed by atoms with Gasteiger partial charge in [-0.3, -0.25) is 14.9 Å². The average Bonchev–Trinajstić information content (AvgIpc) is 2.73. The van der Waals surface area contributed by atoms with Crippen LogP contribution in [0.25, 0.3) is 0 Å². The zero-order valence-corrected chi connectivity index (χ0v) is 16.7. The second kappa shape index (κ2) is 10.8. The number of nitrogen functional groups attached to an aromatic ring is 1. The molecule has 0 radical (unpaired) electrons. The van der Waals surface area contributed by atoms with Gasteiger partial charge in [-0.1, -0.05) is 38.5 Å². The summed E-state index contributed by atoms with van der Waals surface area (Å²) in [6, 6.07) is 11.6. The quantitative estimate of drug-likeness (QED) is 0.198. The van der Waals surface area contributed by atoms with Gasteiger partial charge in [-0.15, -0.1) is 0 Å². The van der Waals surface area contributed by atoms with Gasteiger partial charge in [-0.05, 0) is 36.6 Å². The monoisotopic (exact) mass is 397 g/mol. The fourth-order valence-corrected chi connectivity index (χ4v) is 2.85. The minimum Gasteiger partial charge on any atom is -0.491 e. The number of nitrogens with two attached hydrogens (primary N) is 1. The molecule has 1 amide bonds. The number of nitro groups is 1. The van der Waals surface area contributed by atoms with Gasteiger partial charge in [0.15, 0.2) is 0 Å². The van der Waals surface area contributed by atoms with Crippen LogP contribution in [0.1, 0.15) is 31.7 Å². The normalized spacial score (nSPS) is 10.4. The lowest BCUT2D eigenvalue weighted by Crippen LogP contribution is -2.31. The van der Waals surface area contributed by atoms with Crippen LogP contribution < -0.4 is 15.4 Å². The number of benzene rings is 2. The molecule has 0 saturated heterocycles. The van der Waals surface area contributed by atoms with Crippen LogP contribution in [-0.4, -0.2) is 24.0 Å². The van der Waals surface area contributed by atoms with Gasteiger partial charge in [0.25, 0.3) is 5.69 Å². The van der Waals surface area contributed by atoms with Crippen molar-refractivity contribution < 1.29 is 14.5 Å². The van der Waals surface area contributed by atoms with Crippen LogP contribution in [-0.2, 0) is 11.2 Å². The number of unbranched alkanes of at least 4 members (excludes halogenated alkanes) is 2. The second-order valence-electron chi connectivity index (χ2n) is 6.65. The van der Waals surface area contributed by atoms with Crippen molar-refractivity contribution in [3.05, 3.63) is 70.8 Å². The Kier molecular flexibility index (Phi) is 8.21. The van der Waals surface area contributed by atoms with Crippen LogP contribution >= 0.6 is 0 Å². The molecule has 0 spiro atoms. The molecule has 7 heteroatoms. The molecular formula is C22H27N3O4. The van der Waals surface area contributed by atoms with Crippen molar-refractivity contribution in [2.75, 3.05) is 23.8 Å². The molecule has 0 aromatic heterocycles. The highest BCUT2D eigenvalue weighted by molar-refractivity contribution is 6.01. The molecular weight excluding hydrogens is 370 g/mol. The summed E-state index contributed by atoms with van der Waals surface area (Å²) >= 11 is 0. The Labute approximate surface area is 170 Å². The van der Waals surface area contributed by atoms with Crippen LogP contribution in [0, 0.1) is 10.1 Å². The summed E-state index contributed by atoms with van der Waals surface area (Å²) in [5.41, 5.74) is 8.13. The molecule has 0 aliphatic heterocycles. The fourth-order valence-electron chi connectivity index (χ4n) is 2.85. The molecule has 29 heavy (non-hydrogen) atoms. The summed E-state index contributed by atoms with van der Waals surface area (Å²) in [5.74, 6) is 0.310. The third-order valence-corrected chi connectivity index (χ3v) is 4.53. The standard InChI is InChI=1S/C22H27N3O4/c1-3-5-6-15-29-21-16-19(11-12-20(21)23)24(22(26)4-2)14-13-17-7-9-18(10-8-17)25(27)28/h4,7-12,16H,2-3,5-6,13-15,23H2,1H3. The topological polar surface area (TPSA) is 98.7 Å². The van der Waals surface area contributed by atoms with Gasteiger partial charge in [0.2, 0.25) is 5.91 Å². The minimum absolute atomic E-state index is 0.0381. The molecule has 2 aromatic carbocycles. The number of amides is 1. The molecule has 0 saturated carbocycles. The number of ether oxygens (including phenoxy) is 1. The van der Waals surface area contributed by atoms with Gasteiger partial charge in [0.1, 0.15) is 5.75 Å². The lowest BCUT2D eigenvalue weighted by molar-refractivity contribution is -0.384. The van der Waals surface area contributed by atoms with E-state index in [0.29, 0.717) is 36.7 Å². The first-order valence-corrected chi connectivity index (χ1v) is 9.65. The number of carbonyl (C=O) groups is 1. The van der Waals surface area contributed by atoms with Crippen molar-refractivity contribution in [2.45, 2.75) is 32.6 Å². The maximum Gasteiger partial charge on any atom is 0.269 e. The molecule has 0 heterocycles. The van der Waals surface area contributed by atoms with Crippen molar-refractivity contribution in [1.29, 1.82) is 0 Å². The molecule has 0 fully saturated rings. The summed E-state index contributed by atoms with van der Waals surface area (Å²) in [7, 11) is 0. The van der Waals surface area contributed by atoms with Gasteiger partial charge in [-0.2, -0.15) is 0 Å². The smallest absolute Gasteiger partial charge is 0.269 e. The third kappa shape index (κ3) is 6.34. The van der Waals surface area contributed by atoms with E-state index in [1.807, 2.05) is 0 Å². The molecule has 0 atom stereocenters. The first-order valence-electron chi connectivity index (χ1n) is 9.65. The molecule has 154 valence electrons. The molecule has 0 unspecified atom stereocenters. The van der Waals surface area contributed by atoms with E-state index in [4.69, 9.17) is 10.5 Å². The van der Waals surface area contributed by atoms with Crippen LogP contribution in [0.3, 0.4) is 0 Å². The maximum absolute atomic E-state index is 12.4. The molecule has 0 aliphatic rings. The predicted octanol–water partition coefficient (Wildman–Crippen LogP) is 4.51. The van der Waals surface area contributed by atoms with E-state index in [9.17, 15) is 14.9 Å². The number of anilines is 2. The van der Waals surface area contributed by atoms with Crippen LogP contribution in [0.2, 0.25) is 0 Å². The number of non-ortho nitro benzene ring substituents is 1. The Morgan fingerprint density at radius 1 is 1.24 bits per heavy atom. The van der Waals surface area contributed by atoms with Gasteiger partial charge in [-0.25, -0.2) is 0 Å². The van der Waals surface area contributed by atoms with Crippen molar-refractivity contribution in [3.8, 4) is 5.75 Å². The van der Waals surface area contributed by atoms with Crippen molar-refractivity contribution in [2.24, 2.45) is 0 Å². The van der Waals surface area contributed by atoms with E-state index in [1.165, 1.54) is 18.2 Å². The largest absolute Gasteiger partial charge is 0.491 e. The molecule has 2 rings (SSSR count). The lowest BCUT2D eigenvalue weighted by atomic mass is 10.1. The highest BCUT2D eigenvalue weighted by atomic mass is 16.6. The second-order valence-corrected chi connectivity index (χ2v) is 6.65. The SMILES string of the molecule is C=CC(=O)N(CCc1ccc([N+](=O)[O-])cc1)c1ccc(N)c(OCCCCC)c1.